The van der Waals surface area contributed by atoms with Crippen LogP contribution in [0, 0.1) is 11.6 Å². The Hall–Kier alpha value is -2.28. The van der Waals surface area contributed by atoms with Gasteiger partial charge in [-0.05, 0) is 36.8 Å². The van der Waals surface area contributed by atoms with Crippen molar-refractivity contribution in [2.75, 3.05) is 6.61 Å². The van der Waals surface area contributed by atoms with E-state index in [1.54, 1.807) is 6.92 Å². The van der Waals surface area contributed by atoms with Crippen molar-refractivity contribution >= 4 is 27.8 Å². The van der Waals surface area contributed by atoms with Crippen LogP contribution in [0.5, 0.6) is 0 Å². The molecular weight excluding hydrogens is 384 g/mol. The molecule has 7 heteroatoms. The Labute approximate surface area is 145 Å². The van der Waals surface area contributed by atoms with Gasteiger partial charge in [0.15, 0.2) is 6.61 Å². The van der Waals surface area contributed by atoms with Crippen molar-refractivity contribution in [2.45, 2.75) is 13.0 Å². The molecule has 1 N–H and O–H groups in total. The van der Waals surface area contributed by atoms with Gasteiger partial charge in [0, 0.05) is 4.47 Å². The lowest BCUT2D eigenvalue weighted by atomic mass is 10.1. The van der Waals surface area contributed by atoms with Crippen LogP contribution in [0.1, 0.15) is 28.9 Å². The van der Waals surface area contributed by atoms with Crippen LogP contribution in [0.25, 0.3) is 0 Å². The molecule has 0 heterocycles. The van der Waals surface area contributed by atoms with Crippen LogP contribution in [0.15, 0.2) is 46.9 Å². The molecule has 0 aromatic heterocycles. The van der Waals surface area contributed by atoms with Gasteiger partial charge in [0.2, 0.25) is 0 Å². The maximum atomic E-state index is 13.4. The van der Waals surface area contributed by atoms with Crippen LogP contribution in [-0.4, -0.2) is 18.5 Å². The maximum absolute atomic E-state index is 13.4. The lowest BCUT2D eigenvalue weighted by Gasteiger charge is -2.14. The van der Waals surface area contributed by atoms with E-state index in [0.717, 1.165) is 28.2 Å². The van der Waals surface area contributed by atoms with E-state index in [0.29, 0.717) is 0 Å². The second-order valence-electron chi connectivity index (χ2n) is 5.01. The highest BCUT2D eigenvalue weighted by molar-refractivity contribution is 9.10. The van der Waals surface area contributed by atoms with Gasteiger partial charge in [0.05, 0.1) is 6.04 Å². The summed E-state index contributed by atoms with van der Waals surface area (Å²) >= 11 is 3.31. The molecule has 0 unspecified atom stereocenters. The molecule has 0 aliphatic carbocycles. The lowest BCUT2D eigenvalue weighted by Crippen LogP contribution is -2.31. The van der Waals surface area contributed by atoms with E-state index in [2.05, 4.69) is 26.0 Å². The number of rotatable bonds is 5. The molecule has 0 saturated heterocycles. The Kier molecular flexibility index (Phi) is 6.03. The number of esters is 1. The summed E-state index contributed by atoms with van der Waals surface area (Å²) in [5.41, 5.74) is 0.0456. The monoisotopic (exact) mass is 397 g/mol. The number of ether oxygens (including phenoxy) is 1. The standard InChI is InChI=1S/C17H14BrF2NO3/c1-10(11-5-7-12(18)8-6-11)21-15(22)9-24-17(23)16-13(19)3-2-4-14(16)20/h2-8,10H,9H2,1H3,(H,21,22)/t10-/m0/s1. The average molecular weight is 398 g/mol. The summed E-state index contributed by atoms with van der Waals surface area (Å²) in [5, 5.41) is 2.63. The van der Waals surface area contributed by atoms with Gasteiger partial charge in [0.1, 0.15) is 17.2 Å². The lowest BCUT2D eigenvalue weighted by molar-refractivity contribution is -0.124. The third-order valence-electron chi connectivity index (χ3n) is 3.25. The number of hydrogen-bond acceptors (Lipinski definition) is 3. The van der Waals surface area contributed by atoms with E-state index in [-0.39, 0.29) is 6.04 Å². The number of benzene rings is 2. The molecule has 0 bridgehead atoms. The van der Waals surface area contributed by atoms with Crippen LogP contribution in [0.3, 0.4) is 0 Å². The van der Waals surface area contributed by atoms with Crippen molar-refractivity contribution in [1.82, 2.24) is 5.32 Å². The third-order valence-corrected chi connectivity index (χ3v) is 3.78. The fraction of sp³-hybridized carbons (Fsp3) is 0.176. The summed E-state index contributed by atoms with van der Waals surface area (Å²) < 4.78 is 32.5. The fourth-order valence-corrected chi connectivity index (χ4v) is 2.28. The van der Waals surface area contributed by atoms with Crippen molar-refractivity contribution in [1.29, 1.82) is 0 Å². The first-order chi connectivity index (χ1) is 11.4. The van der Waals surface area contributed by atoms with Crippen molar-refractivity contribution in [2.24, 2.45) is 0 Å². The van der Waals surface area contributed by atoms with E-state index in [1.807, 2.05) is 24.3 Å². The molecule has 2 aromatic rings. The SMILES string of the molecule is C[C@H](NC(=O)COC(=O)c1c(F)cccc1F)c1ccc(Br)cc1. The molecule has 1 amide bonds. The molecule has 24 heavy (non-hydrogen) atoms. The average Bonchev–Trinajstić information content (AvgIpc) is 2.53. The predicted octanol–water partition coefficient (Wildman–Crippen LogP) is 3.76. The summed E-state index contributed by atoms with van der Waals surface area (Å²) in [6.45, 7) is 1.13. The summed E-state index contributed by atoms with van der Waals surface area (Å²) in [6, 6.07) is 10.0. The minimum Gasteiger partial charge on any atom is -0.452 e. The molecule has 4 nitrogen and oxygen atoms in total. The Balaban J connectivity index is 1.91. The Morgan fingerprint density at radius 1 is 1.12 bits per heavy atom. The second kappa shape index (κ2) is 8.01. The molecule has 126 valence electrons. The van der Waals surface area contributed by atoms with Crippen LogP contribution in [0.2, 0.25) is 0 Å². The predicted molar refractivity (Wildman–Crippen MR) is 87.3 cm³/mol. The van der Waals surface area contributed by atoms with Gasteiger partial charge in [-0.1, -0.05) is 34.1 Å². The third kappa shape index (κ3) is 4.61. The minimum absolute atomic E-state index is 0.311. The summed E-state index contributed by atoms with van der Waals surface area (Å²) in [4.78, 5) is 23.5. The normalized spacial score (nSPS) is 11.7. The second-order valence-corrected chi connectivity index (χ2v) is 5.93. The molecule has 2 rings (SSSR count). The Bertz CT molecular complexity index is 730. The van der Waals surface area contributed by atoms with E-state index in [4.69, 9.17) is 0 Å². The zero-order valence-corrected chi connectivity index (χ0v) is 14.3. The quantitative estimate of drug-likeness (QED) is 0.781. The molecule has 2 aromatic carbocycles. The zero-order chi connectivity index (χ0) is 17.7. The summed E-state index contributed by atoms with van der Waals surface area (Å²) in [6.07, 6.45) is 0. The zero-order valence-electron chi connectivity index (χ0n) is 12.7. The maximum Gasteiger partial charge on any atom is 0.344 e. The number of carbonyl (C=O) groups excluding carboxylic acids is 2. The fourth-order valence-electron chi connectivity index (χ4n) is 2.01. The highest BCUT2D eigenvalue weighted by atomic mass is 79.9. The number of amides is 1. The van der Waals surface area contributed by atoms with Crippen molar-refractivity contribution < 1.29 is 23.1 Å². The number of halogens is 3. The number of nitrogens with one attached hydrogen (secondary N) is 1. The topological polar surface area (TPSA) is 55.4 Å². The number of hydrogen-bond donors (Lipinski definition) is 1. The first-order valence-electron chi connectivity index (χ1n) is 7.04. The van der Waals surface area contributed by atoms with Gasteiger partial charge >= 0.3 is 5.97 Å². The molecule has 0 aliphatic heterocycles. The molecular formula is C17H14BrF2NO3. The molecule has 0 aliphatic rings. The summed E-state index contributed by atoms with van der Waals surface area (Å²) in [5.74, 6) is -3.88. The first kappa shape index (κ1) is 18.1. The van der Waals surface area contributed by atoms with Crippen LogP contribution < -0.4 is 5.32 Å². The minimum atomic E-state index is -1.22. The summed E-state index contributed by atoms with van der Waals surface area (Å²) in [7, 11) is 0. The van der Waals surface area contributed by atoms with Gasteiger partial charge in [-0.15, -0.1) is 0 Å². The van der Waals surface area contributed by atoms with Gasteiger partial charge < -0.3 is 10.1 Å². The van der Waals surface area contributed by atoms with E-state index in [1.165, 1.54) is 0 Å². The van der Waals surface area contributed by atoms with Crippen molar-refractivity contribution in [3.8, 4) is 0 Å². The Morgan fingerprint density at radius 2 is 1.71 bits per heavy atom. The highest BCUT2D eigenvalue weighted by Crippen LogP contribution is 2.16. The largest absolute Gasteiger partial charge is 0.452 e. The van der Waals surface area contributed by atoms with Gasteiger partial charge in [0.25, 0.3) is 5.91 Å². The molecule has 0 radical (unpaired) electrons. The van der Waals surface area contributed by atoms with Gasteiger partial charge in [-0.25, -0.2) is 13.6 Å². The Morgan fingerprint density at radius 3 is 2.29 bits per heavy atom. The number of carbonyl (C=O) groups is 2. The molecule has 0 spiro atoms. The van der Waals surface area contributed by atoms with E-state index in [9.17, 15) is 18.4 Å². The van der Waals surface area contributed by atoms with Crippen LogP contribution in [-0.2, 0) is 9.53 Å². The van der Waals surface area contributed by atoms with Gasteiger partial charge in [-0.3, -0.25) is 4.79 Å². The van der Waals surface area contributed by atoms with E-state index < -0.39 is 35.7 Å². The van der Waals surface area contributed by atoms with Crippen molar-refractivity contribution in [3.63, 3.8) is 0 Å². The first-order valence-corrected chi connectivity index (χ1v) is 7.83. The van der Waals surface area contributed by atoms with Crippen molar-refractivity contribution in [3.05, 3.63) is 69.7 Å². The van der Waals surface area contributed by atoms with E-state index >= 15 is 0 Å². The molecule has 1 atom stereocenters. The van der Waals surface area contributed by atoms with Crippen LogP contribution in [0.4, 0.5) is 8.78 Å². The molecule has 0 saturated carbocycles. The molecule has 0 fully saturated rings. The highest BCUT2D eigenvalue weighted by Gasteiger charge is 2.20. The smallest absolute Gasteiger partial charge is 0.344 e. The van der Waals surface area contributed by atoms with Crippen LogP contribution >= 0.6 is 15.9 Å². The van der Waals surface area contributed by atoms with Gasteiger partial charge in [-0.2, -0.15) is 0 Å².